The average Bonchev–Trinajstić information content (AvgIpc) is 3.02. The molecule has 1 saturated heterocycles. The van der Waals surface area contributed by atoms with Gasteiger partial charge in [0.25, 0.3) is 5.91 Å². The van der Waals surface area contributed by atoms with E-state index in [1.165, 1.54) is 0 Å². The highest BCUT2D eigenvalue weighted by molar-refractivity contribution is 14.1. The number of hydrogen-bond donors (Lipinski definition) is 1. The summed E-state index contributed by atoms with van der Waals surface area (Å²) in [5, 5.41) is 3.16. The van der Waals surface area contributed by atoms with Crippen molar-refractivity contribution in [1.29, 1.82) is 0 Å². The minimum Gasteiger partial charge on any atom is -0.488 e. The van der Waals surface area contributed by atoms with Crippen LogP contribution in [0.2, 0.25) is 5.02 Å². The molecular formula is C23H15BrClIN2O3. The quantitative estimate of drug-likeness (QED) is 0.208. The Hall–Kier alpha value is -2.36. The summed E-state index contributed by atoms with van der Waals surface area (Å²) in [6.45, 7) is 0.453. The normalized spacial score (nSPS) is 14.8. The van der Waals surface area contributed by atoms with Crippen molar-refractivity contribution in [1.82, 2.24) is 5.32 Å². The van der Waals surface area contributed by atoms with Gasteiger partial charge in [0.15, 0.2) is 0 Å². The van der Waals surface area contributed by atoms with Crippen molar-refractivity contribution in [3.05, 3.63) is 96.6 Å². The third kappa shape index (κ3) is 5.11. The van der Waals surface area contributed by atoms with Crippen LogP contribution >= 0.6 is 50.1 Å². The van der Waals surface area contributed by atoms with Gasteiger partial charge in [0.05, 0.1) is 9.26 Å². The molecule has 4 rings (SSSR count). The molecule has 31 heavy (non-hydrogen) atoms. The van der Waals surface area contributed by atoms with Gasteiger partial charge in [0, 0.05) is 9.50 Å². The minimum atomic E-state index is -0.497. The Morgan fingerprint density at radius 1 is 1.03 bits per heavy atom. The van der Waals surface area contributed by atoms with Gasteiger partial charge in [0.2, 0.25) is 0 Å². The zero-order valence-corrected chi connectivity index (χ0v) is 20.4. The van der Waals surface area contributed by atoms with E-state index in [2.05, 4.69) is 43.8 Å². The Morgan fingerprint density at radius 3 is 2.42 bits per heavy atom. The molecule has 0 saturated carbocycles. The molecule has 3 amide bonds. The van der Waals surface area contributed by atoms with Crippen LogP contribution in [-0.2, 0) is 11.4 Å². The number of imide groups is 1. The summed E-state index contributed by atoms with van der Waals surface area (Å²) in [5.41, 5.74) is 2.51. The summed E-state index contributed by atoms with van der Waals surface area (Å²) in [6, 6.07) is 19.6. The maximum absolute atomic E-state index is 12.8. The first kappa shape index (κ1) is 21.9. The molecule has 0 aliphatic carbocycles. The second-order valence-electron chi connectivity index (χ2n) is 6.71. The van der Waals surface area contributed by atoms with Crippen LogP contribution in [0.25, 0.3) is 6.08 Å². The standard InChI is InChI=1S/C23H15BrClIN2O3/c24-16-4-1-14(2-5-16)13-31-21-10-3-15(11-19(21)26)12-20-22(29)28(23(30)27-20)18-8-6-17(25)7-9-18/h1-12H,13H2,(H,27,30)/b20-12+. The van der Waals surface area contributed by atoms with Crippen molar-refractivity contribution in [2.24, 2.45) is 0 Å². The first-order chi connectivity index (χ1) is 14.9. The van der Waals surface area contributed by atoms with E-state index >= 15 is 0 Å². The highest BCUT2D eigenvalue weighted by atomic mass is 127. The number of carbonyl (C=O) groups excluding carboxylic acids is 2. The number of urea groups is 1. The van der Waals surface area contributed by atoms with E-state index < -0.39 is 11.9 Å². The van der Waals surface area contributed by atoms with Crippen LogP contribution < -0.4 is 15.0 Å². The SMILES string of the molecule is O=C1N/C(=C/c2ccc(OCc3ccc(Br)cc3)c(I)c2)C(=O)N1c1ccc(Cl)cc1. The summed E-state index contributed by atoms with van der Waals surface area (Å²) < 4.78 is 7.83. The molecule has 1 N–H and O–H groups in total. The first-order valence-corrected chi connectivity index (χ1v) is 11.5. The van der Waals surface area contributed by atoms with E-state index in [0.717, 1.165) is 29.8 Å². The molecule has 1 fully saturated rings. The molecule has 5 nitrogen and oxygen atoms in total. The molecule has 1 aliphatic rings. The molecule has 3 aromatic rings. The van der Waals surface area contributed by atoms with Gasteiger partial charge in [-0.2, -0.15) is 0 Å². The summed E-state index contributed by atoms with van der Waals surface area (Å²) >= 11 is 11.5. The number of anilines is 1. The van der Waals surface area contributed by atoms with Crippen molar-refractivity contribution in [2.45, 2.75) is 6.61 Å². The maximum atomic E-state index is 12.8. The highest BCUT2D eigenvalue weighted by Gasteiger charge is 2.34. The molecule has 156 valence electrons. The Kier molecular flexibility index (Phi) is 6.64. The van der Waals surface area contributed by atoms with Crippen molar-refractivity contribution in [2.75, 3.05) is 4.90 Å². The van der Waals surface area contributed by atoms with Gasteiger partial charge >= 0.3 is 6.03 Å². The van der Waals surface area contributed by atoms with E-state index in [9.17, 15) is 9.59 Å². The van der Waals surface area contributed by atoms with Gasteiger partial charge < -0.3 is 10.1 Å². The van der Waals surface area contributed by atoms with Gasteiger partial charge in [-0.1, -0.05) is 45.7 Å². The number of halogens is 3. The van der Waals surface area contributed by atoms with E-state index in [-0.39, 0.29) is 5.70 Å². The highest BCUT2D eigenvalue weighted by Crippen LogP contribution is 2.27. The lowest BCUT2D eigenvalue weighted by molar-refractivity contribution is -0.113. The fourth-order valence-electron chi connectivity index (χ4n) is 2.99. The molecule has 0 radical (unpaired) electrons. The van der Waals surface area contributed by atoms with E-state index in [1.807, 2.05) is 42.5 Å². The van der Waals surface area contributed by atoms with E-state index in [4.69, 9.17) is 16.3 Å². The summed E-state index contributed by atoms with van der Waals surface area (Å²) in [4.78, 5) is 26.2. The van der Waals surface area contributed by atoms with Crippen molar-refractivity contribution in [3.63, 3.8) is 0 Å². The fraction of sp³-hybridized carbons (Fsp3) is 0.0435. The lowest BCUT2D eigenvalue weighted by Gasteiger charge is -2.11. The van der Waals surface area contributed by atoms with Crippen LogP contribution in [0.1, 0.15) is 11.1 Å². The second-order valence-corrected chi connectivity index (χ2v) is 9.22. The lowest BCUT2D eigenvalue weighted by atomic mass is 10.2. The first-order valence-electron chi connectivity index (χ1n) is 9.20. The Bertz CT molecular complexity index is 1180. The number of carbonyl (C=O) groups is 2. The number of rotatable bonds is 5. The molecule has 0 aromatic heterocycles. The lowest BCUT2D eigenvalue weighted by Crippen LogP contribution is -2.30. The van der Waals surface area contributed by atoms with Crippen LogP contribution in [0.3, 0.4) is 0 Å². The molecule has 0 bridgehead atoms. The zero-order chi connectivity index (χ0) is 22.0. The van der Waals surface area contributed by atoms with Gasteiger partial charge in [-0.15, -0.1) is 0 Å². The zero-order valence-electron chi connectivity index (χ0n) is 15.9. The van der Waals surface area contributed by atoms with Gasteiger partial charge in [-0.25, -0.2) is 9.69 Å². The summed E-state index contributed by atoms with van der Waals surface area (Å²) in [5.74, 6) is 0.327. The number of nitrogens with zero attached hydrogens (tertiary/aromatic N) is 1. The molecule has 3 aromatic carbocycles. The number of amides is 3. The topological polar surface area (TPSA) is 58.6 Å². The molecule has 0 atom stereocenters. The van der Waals surface area contributed by atoms with Crippen LogP contribution in [0.15, 0.2) is 76.9 Å². The van der Waals surface area contributed by atoms with Crippen LogP contribution in [0, 0.1) is 3.57 Å². The van der Waals surface area contributed by atoms with Crippen LogP contribution in [0.4, 0.5) is 10.5 Å². The van der Waals surface area contributed by atoms with Crippen molar-refractivity contribution < 1.29 is 14.3 Å². The number of benzene rings is 3. The summed E-state index contributed by atoms with van der Waals surface area (Å²) in [6.07, 6.45) is 1.65. The van der Waals surface area contributed by atoms with Gasteiger partial charge in [0.1, 0.15) is 18.1 Å². The smallest absolute Gasteiger partial charge is 0.333 e. The molecular weight excluding hydrogens is 595 g/mol. The van der Waals surface area contributed by atoms with E-state index in [0.29, 0.717) is 17.3 Å². The molecule has 1 heterocycles. The second kappa shape index (κ2) is 9.42. The molecule has 1 aliphatic heterocycles. The molecule has 0 unspecified atom stereocenters. The molecule has 8 heteroatoms. The minimum absolute atomic E-state index is 0.208. The predicted molar refractivity (Wildman–Crippen MR) is 133 cm³/mol. The van der Waals surface area contributed by atoms with Gasteiger partial charge in [-0.3, -0.25) is 4.79 Å². The third-order valence-electron chi connectivity index (χ3n) is 4.54. The number of hydrogen-bond acceptors (Lipinski definition) is 3. The number of ether oxygens (including phenoxy) is 1. The largest absolute Gasteiger partial charge is 0.488 e. The fourth-order valence-corrected chi connectivity index (χ4v) is 4.08. The van der Waals surface area contributed by atoms with Crippen molar-refractivity contribution >= 4 is 73.8 Å². The van der Waals surface area contributed by atoms with Crippen molar-refractivity contribution in [3.8, 4) is 5.75 Å². The average molecular weight is 610 g/mol. The Morgan fingerprint density at radius 2 is 1.74 bits per heavy atom. The Labute approximate surface area is 206 Å². The maximum Gasteiger partial charge on any atom is 0.333 e. The monoisotopic (exact) mass is 608 g/mol. The predicted octanol–water partition coefficient (Wildman–Crippen LogP) is 6.38. The van der Waals surface area contributed by atoms with Gasteiger partial charge in [-0.05, 0) is 88.3 Å². The Balaban J connectivity index is 1.49. The van der Waals surface area contributed by atoms with Crippen LogP contribution in [-0.4, -0.2) is 11.9 Å². The van der Waals surface area contributed by atoms with Crippen LogP contribution in [0.5, 0.6) is 5.75 Å². The summed E-state index contributed by atoms with van der Waals surface area (Å²) in [7, 11) is 0. The van der Waals surface area contributed by atoms with E-state index in [1.54, 1.807) is 30.3 Å². The third-order valence-corrected chi connectivity index (χ3v) is 6.16. The number of nitrogens with one attached hydrogen (secondary N) is 1. The molecule has 0 spiro atoms.